The third-order valence-corrected chi connectivity index (χ3v) is 4.06. The van der Waals surface area contributed by atoms with E-state index in [1.165, 1.54) is 12.3 Å². The zero-order chi connectivity index (χ0) is 16.9. The van der Waals surface area contributed by atoms with Gasteiger partial charge in [0.05, 0.1) is 18.3 Å². The lowest BCUT2D eigenvalue weighted by molar-refractivity contribution is -0.111. The Hall–Kier alpha value is -2.93. The molecule has 6 nitrogen and oxygen atoms in total. The first-order valence-electron chi connectivity index (χ1n) is 7.34. The predicted octanol–water partition coefficient (Wildman–Crippen LogP) is 3.22. The topological polar surface area (TPSA) is 72.7 Å². The second kappa shape index (κ2) is 7.10. The number of hydrogen-bond donors (Lipinski definition) is 1. The minimum absolute atomic E-state index is 0.245. The molecular weight excluding hydrogens is 326 g/mol. The fourth-order valence-electron chi connectivity index (χ4n) is 2.15. The van der Waals surface area contributed by atoms with Gasteiger partial charge in [0, 0.05) is 22.8 Å². The maximum Gasteiger partial charge on any atom is 0.341 e. The van der Waals surface area contributed by atoms with Crippen molar-refractivity contribution in [2.45, 2.75) is 6.92 Å². The molecule has 0 saturated carbocycles. The molecule has 0 unspecified atom stereocenters. The molecule has 3 aromatic heterocycles. The molecule has 0 radical (unpaired) electrons. The quantitative estimate of drug-likeness (QED) is 0.571. The summed E-state index contributed by atoms with van der Waals surface area (Å²) in [7, 11) is 0. The number of hydrogen-bond acceptors (Lipinski definition) is 5. The van der Waals surface area contributed by atoms with Gasteiger partial charge in [0.2, 0.25) is 5.91 Å². The van der Waals surface area contributed by atoms with Crippen molar-refractivity contribution in [3.8, 4) is 0 Å². The molecule has 3 heterocycles. The highest BCUT2D eigenvalue weighted by Gasteiger charge is 2.14. The van der Waals surface area contributed by atoms with Crippen molar-refractivity contribution in [2.24, 2.45) is 0 Å². The van der Waals surface area contributed by atoms with Crippen molar-refractivity contribution < 1.29 is 14.3 Å². The number of nitrogens with zero attached hydrogens (tertiary/aromatic N) is 2. The summed E-state index contributed by atoms with van der Waals surface area (Å²) in [5.74, 6) is -0.682. The molecule has 0 fully saturated rings. The van der Waals surface area contributed by atoms with Crippen LogP contribution in [0.1, 0.15) is 22.2 Å². The molecule has 7 heteroatoms. The first kappa shape index (κ1) is 15.9. The van der Waals surface area contributed by atoms with Gasteiger partial charge >= 0.3 is 5.97 Å². The first-order chi connectivity index (χ1) is 11.7. The number of fused-ring (bicyclic) bond motifs is 1. The monoisotopic (exact) mass is 341 g/mol. The lowest BCUT2D eigenvalue weighted by Crippen LogP contribution is -2.08. The first-order valence-corrected chi connectivity index (χ1v) is 8.22. The molecule has 3 aromatic rings. The van der Waals surface area contributed by atoms with E-state index in [9.17, 15) is 9.59 Å². The number of pyridine rings is 1. The predicted molar refractivity (Wildman–Crippen MR) is 93.1 cm³/mol. The van der Waals surface area contributed by atoms with Crippen molar-refractivity contribution in [2.75, 3.05) is 11.9 Å². The van der Waals surface area contributed by atoms with Gasteiger partial charge in [-0.3, -0.25) is 4.79 Å². The van der Waals surface area contributed by atoms with E-state index in [1.54, 1.807) is 47.2 Å². The molecule has 1 amide bonds. The molecule has 0 aromatic carbocycles. The normalized spacial score (nSPS) is 11.0. The van der Waals surface area contributed by atoms with Crippen LogP contribution >= 0.6 is 11.3 Å². The molecule has 0 spiro atoms. The molecule has 0 saturated heterocycles. The molecule has 0 aliphatic rings. The second-order valence-corrected chi connectivity index (χ2v) is 5.84. The lowest BCUT2D eigenvalue weighted by Gasteiger charge is -2.04. The van der Waals surface area contributed by atoms with Crippen molar-refractivity contribution in [3.63, 3.8) is 0 Å². The van der Waals surface area contributed by atoms with E-state index >= 15 is 0 Å². The Morgan fingerprint density at radius 3 is 3.04 bits per heavy atom. The Morgan fingerprint density at radius 1 is 1.42 bits per heavy atom. The van der Waals surface area contributed by atoms with E-state index in [2.05, 4.69) is 10.4 Å². The van der Waals surface area contributed by atoms with E-state index in [0.717, 1.165) is 4.88 Å². The van der Waals surface area contributed by atoms with Crippen LogP contribution in [0.2, 0.25) is 0 Å². The van der Waals surface area contributed by atoms with Crippen LogP contribution in [0.15, 0.2) is 48.1 Å². The molecule has 3 rings (SSSR count). The van der Waals surface area contributed by atoms with Crippen molar-refractivity contribution in [1.82, 2.24) is 9.61 Å². The van der Waals surface area contributed by atoms with Crippen LogP contribution < -0.4 is 5.32 Å². The van der Waals surface area contributed by atoms with E-state index in [0.29, 0.717) is 23.4 Å². The number of carbonyl (C=O) groups excluding carboxylic acids is 2. The molecule has 0 aliphatic carbocycles. The van der Waals surface area contributed by atoms with E-state index in [1.807, 2.05) is 17.5 Å². The average Bonchev–Trinajstić information content (AvgIpc) is 3.22. The maximum absolute atomic E-state index is 12.0. The van der Waals surface area contributed by atoms with Crippen molar-refractivity contribution in [1.29, 1.82) is 0 Å². The zero-order valence-corrected chi connectivity index (χ0v) is 13.7. The summed E-state index contributed by atoms with van der Waals surface area (Å²) in [5, 5.41) is 8.82. The zero-order valence-electron chi connectivity index (χ0n) is 12.9. The van der Waals surface area contributed by atoms with Crippen LogP contribution in [0.5, 0.6) is 0 Å². The highest BCUT2D eigenvalue weighted by molar-refractivity contribution is 7.10. The van der Waals surface area contributed by atoms with Gasteiger partial charge in [0.1, 0.15) is 5.56 Å². The third-order valence-electron chi connectivity index (χ3n) is 3.23. The van der Waals surface area contributed by atoms with Crippen LogP contribution in [0, 0.1) is 0 Å². The Kier molecular flexibility index (Phi) is 4.72. The standard InChI is InChI=1S/C17H15N3O3S/c1-2-23-17(22)14-11-18-20-8-7-12(10-15(14)20)19-16(21)6-5-13-4-3-9-24-13/h3-11H,2H2,1H3,(H,19,21)/b6-5+. The van der Waals surface area contributed by atoms with Gasteiger partial charge in [-0.25, -0.2) is 9.31 Å². The number of esters is 1. The summed E-state index contributed by atoms with van der Waals surface area (Å²) in [6, 6.07) is 7.26. The molecule has 0 bridgehead atoms. The largest absolute Gasteiger partial charge is 0.462 e. The number of nitrogens with one attached hydrogen (secondary N) is 1. The number of carbonyl (C=O) groups is 2. The van der Waals surface area contributed by atoms with Crippen LogP contribution in [-0.2, 0) is 9.53 Å². The number of rotatable bonds is 5. The highest BCUT2D eigenvalue weighted by atomic mass is 32.1. The fraction of sp³-hybridized carbons (Fsp3) is 0.118. The SMILES string of the molecule is CCOC(=O)c1cnn2ccc(NC(=O)/C=C/c3cccs3)cc12. The number of anilines is 1. The van der Waals surface area contributed by atoms with Gasteiger partial charge in [-0.2, -0.15) is 5.10 Å². The van der Waals surface area contributed by atoms with E-state index in [4.69, 9.17) is 4.74 Å². The summed E-state index contributed by atoms with van der Waals surface area (Å²) >= 11 is 1.55. The molecular formula is C17H15N3O3S. The average molecular weight is 341 g/mol. The van der Waals surface area contributed by atoms with Crippen molar-refractivity contribution >= 4 is 40.5 Å². The highest BCUT2D eigenvalue weighted by Crippen LogP contribution is 2.17. The maximum atomic E-state index is 12.0. The van der Waals surface area contributed by atoms with Crippen LogP contribution in [0.3, 0.4) is 0 Å². The molecule has 0 aliphatic heterocycles. The Balaban J connectivity index is 1.78. The van der Waals surface area contributed by atoms with Gasteiger partial charge in [0.15, 0.2) is 0 Å². The van der Waals surface area contributed by atoms with Gasteiger partial charge < -0.3 is 10.1 Å². The number of thiophene rings is 1. The Labute approximate surface area is 142 Å². The summed E-state index contributed by atoms with van der Waals surface area (Å²) in [5.41, 5.74) is 1.52. The summed E-state index contributed by atoms with van der Waals surface area (Å²) in [6.07, 6.45) is 6.35. The molecule has 0 atom stereocenters. The number of amides is 1. The van der Waals surface area contributed by atoms with Crippen LogP contribution in [0.25, 0.3) is 11.6 Å². The van der Waals surface area contributed by atoms with Crippen LogP contribution in [0.4, 0.5) is 5.69 Å². The smallest absolute Gasteiger partial charge is 0.341 e. The Morgan fingerprint density at radius 2 is 2.29 bits per heavy atom. The van der Waals surface area contributed by atoms with E-state index in [-0.39, 0.29) is 5.91 Å². The van der Waals surface area contributed by atoms with Gasteiger partial charge in [0.25, 0.3) is 0 Å². The second-order valence-electron chi connectivity index (χ2n) is 4.86. The van der Waals surface area contributed by atoms with Gasteiger partial charge in [-0.05, 0) is 36.6 Å². The van der Waals surface area contributed by atoms with Gasteiger partial charge in [-0.15, -0.1) is 11.3 Å². The Bertz CT molecular complexity index is 897. The summed E-state index contributed by atoms with van der Waals surface area (Å²) < 4.78 is 6.56. The van der Waals surface area contributed by atoms with Crippen LogP contribution in [-0.4, -0.2) is 28.1 Å². The molecule has 24 heavy (non-hydrogen) atoms. The lowest BCUT2D eigenvalue weighted by atomic mass is 10.2. The molecule has 122 valence electrons. The van der Waals surface area contributed by atoms with Gasteiger partial charge in [-0.1, -0.05) is 6.07 Å². The minimum Gasteiger partial charge on any atom is -0.462 e. The number of ether oxygens (including phenoxy) is 1. The van der Waals surface area contributed by atoms with Crippen molar-refractivity contribution in [3.05, 3.63) is 58.6 Å². The minimum atomic E-state index is -0.437. The molecule has 1 N–H and O–H groups in total. The summed E-state index contributed by atoms with van der Waals surface area (Å²) in [4.78, 5) is 24.9. The fourth-order valence-corrected chi connectivity index (χ4v) is 2.77. The number of aromatic nitrogens is 2. The summed E-state index contributed by atoms with van der Waals surface area (Å²) in [6.45, 7) is 2.04. The third kappa shape index (κ3) is 3.52. The van der Waals surface area contributed by atoms with E-state index < -0.39 is 5.97 Å².